The topological polar surface area (TPSA) is 96.0 Å². The first kappa shape index (κ1) is 33.6. The number of carbonyl (C=O) groups excluding carboxylic acids is 2. The highest BCUT2D eigenvalue weighted by Gasteiger charge is 2.35. The van der Waals surface area contributed by atoms with Crippen molar-refractivity contribution in [3.05, 3.63) is 87.9 Å². The van der Waals surface area contributed by atoms with Gasteiger partial charge >= 0.3 is 0 Å². The summed E-state index contributed by atoms with van der Waals surface area (Å²) >= 11 is 13.0. The van der Waals surface area contributed by atoms with Crippen molar-refractivity contribution in [1.29, 1.82) is 0 Å². The number of nitrogens with zero attached hydrogens (tertiary/aromatic N) is 2. The monoisotopic (exact) mass is 659 g/mol. The summed E-state index contributed by atoms with van der Waals surface area (Å²) < 4.78 is 34.4. The number of hydrogen-bond acceptors (Lipinski definition) is 5. The Balaban J connectivity index is 1.73. The Bertz CT molecular complexity index is 1520. The van der Waals surface area contributed by atoms with Crippen molar-refractivity contribution < 1.29 is 22.7 Å². The minimum Gasteiger partial charge on any atom is -0.497 e. The van der Waals surface area contributed by atoms with Crippen molar-refractivity contribution in [3.63, 3.8) is 0 Å². The lowest BCUT2D eigenvalue weighted by atomic mass is 9.95. The van der Waals surface area contributed by atoms with Crippen LogP contribution in [0.4, 0.5) is 5.69 Å². The van der Waals surface area contributed by atoms with Crippen molar-refractivity contribution in [2.24, 2.45) is 0 Å². The van der Waals surface area contributed by atoms with Crippen molar-refractivity contribution in [1.82, 2.24) is 10.2 Å². The average molecular weight is 661 g/mol. The molecule has 4 rings (SSSR count). The maximum absolute atomic E-state index is 14.3. The molecule has 1 atom stereocenters. The molecule has 11 heteroatoms. The zero-order valence-electron chi connectivity index (χ0n) is 25.3. The van der Waals surface area contributed by atoms with Crippen LogP contribution in [0, 0.1) is 6.92 Å². The van der Waals surface area contributed by atoms with Gasteiger partial charge in [0.2, 0.25) is 11.8 Å². The Kier molecular flexibility index (Phi) is 11.6. The summed E-state index contributed by atoms with van der Waals surface area (Å²) in [7, 11) is -2.71. The number of carbonyl (C=O) groups is 2. The van der Waals surface area contributed by atoms with Gasteiger partial charge in [0.25, 0.3) is 10.0 Å². The van der Waals surface area contributed by atoms with E-state index in [-0.39, 0.29) is 23.4 Å². The second kappa shape index (κ2) is 15.1. The standard InChI is InChI=1S/C33H39Cl2N3O5S/c1-4-31(33(40)36-24-9-6-5-7-10-24)37(21-28-29(34)11-8-12-30(28)35)32(39)22-38(25-15-13-23(2)14-16-25)44(41,42)27-19-17-26(43-3)18-20-27/h8,11-20,24,31H,4-7,9-10,21-22H2,1-3H3,(H,36,40). The molecular formula is C33H39Cl2N3O5S. The van der Waals surface area contributed by atoms with E-state index in [0.29, 0.717) is 33.5 Å². The first-order valence-corrected chi connectivity index (χ1v) is 17.0. The molecule has 0 radical (unpaired) electrons. The maximum Gasteiger partial charge on any atom is 0.264 e. The molecule has 1 unspecified atom stereocenters. The number of amides is 2. The highest BCUT2D eigenvalue weighted by Crippen LogP contribution is 2.29. The van der Waals surface area contributed by atoms with E-state index in [9.17, 15) is 18.0 Å². The van der Waals surface area contributed by atoms with E-state index in [1.165, 1.54) is 24.1 Å². The molecule has 1 saturated carbocycles. The van der Waals surface area contributed by atoms with E-state index in [1.807, 2.05) is 13.8 Å². The predicted octanol–water partition coefficient (Wildman–Crippen LogP) is 6.76. The summed E-state index contributed by atoms with van der Waals surface area (Å²) in [6.45, 7) is 3.10. The number of benzene rings is 3. The van der Waals surface area contributed by atoms with Gasteiger partial charge in [-0.25, -0.2) is 8.42 Å². The fraction of sp³-hybridized carbons (Fsp3) is 0.394. The first-order valence-electron chi connectivity index (χ1n) is 14.8. The van der Waals surface area contributed by atoms with E-state index in [2.05, 4.69) is 5.32 Å². The third-order valence-corrected chi connectivity index (χ3v) is 10.5. The molecular weight excluding hydrogens is 621 g/mol. The van der Waals surface area contributed by atoms with Crippen LogP contribution in [0.2, 0.25) is 10.0 Å². The molecule has 0 aliphatic heterocycles. The third kappa shape index (κ3) is 8.06. The summed E-state index contributed by atoms with van der Waals surface area (Å²) in [4.78, 5) is 29.4. The van der Waals surface area contributed by atoms with Gasteiger partial charge in [0.1, 0.15) is 18.3 Å². The van der Waals surface area contributed by atoms with Gasteiger partial charge in [-0.3, -0.25) is 13.9 Å². The van der Waals surface area contributed by atoms with Crippen LogP contribution in [0.25, 0.3) is 0 Å². The number of nitrogens with one attached hydrogen (secondary N) is 1. The fourth-order valence-electron chi connectivity index (χ4n) is 5.43. The first-order chi connectivity index (χ1) is 21.0. The minimum absolute atomic E-state index is 0.00513. The lowest BCUT2D eigenvalue weighted by Gasteiger charge is -2.34. The van der Waals surface area contributed by atoms with Gasteiger partial charge in [-0.1, -0.05) is 73.2 Å². The van der Waals surface area contributed by atoms with Gasteiger partial charge in [0, 0.05) is 28.2 Å². The van der Waals surface area contributed by atoms with Crippen LogP contribution in [0.15, 0.2) is 71.6 Å². The number of halogens is 2. The number of ether oxygens (including phenoxy) is 1. The molecule has 1 N–H and O–H groups in total. The van der Waals surface area contributed by atoms with Gasteiger partial charge in [-0.15, -0.1) is 0 Å². The van der Waals surface area contributed by atoms with E-state index in [0.717, 1.165) is 42.0 Å². The molecule has 3 aromatic carbocycles. The zero-order valence-corrected chi connectivity index (χ0v) is 27.6. The molecule has 0 heterocycles. The van der Waals surface area contributed by atoms with E-state index in [4.69, 9.17) is 27.9 Å². The zero-order chi connectivity index (χ0) is 31.9. The predicted molar refractivity (Wildman–Crippen MR) is 175 cm³/mol. The summed E-state index contributed by atoms with van der Waals surface area (Å²) in [6.07, 6.45) is 5.28. The van der Waals surface area contributed by atoms with E-state index in [1.54, 1.807) is 54.6 Å². The molecule has 0 aromatic heterocycles. The molecule has 44 heavy (non-hydrogen) atoms. The van der Waals surface area contributed by atoms with E-state index < -0.39 is 28.5 Å². The molecule has 1 aliphatic carbocycles. The van der Waals surface area contributed by atoms with Crippen LogP contribution in [-0.2, 0) is 26.2 Å². The van der Waals surface area contributed by atoms with Crippen LogP contribution in [0.3, 0.4) is 0 Å². The Morgan fingerprint density at radius 3 is 2.14 bits per heavy atom. The molecule has 2 amide bonds. The lowest BCUT2D eigenvalue weighted by molar-refractivity contribution is -0.140. The summed E-state index contributed by atoms with van der Waals surface area (Å²) in [5.41, 5.74) is 1.73. The van der Waals surface area contributed by atoms with Gasteiger partial charge in [-0.05, 0) is 74.7 Å². The van der Waals surface area contributed by atoms with Crippen LogP contribution in [-0.4, -0.2) is 50.9 Å². The van der Waals surface area contributed by atoms with Crippen LogP contribution in [0.1, 0.15) is 56.6 Å². The van der Waals surface area contributed by atoms with Crippen LogP contribution >= 0.6 is 23.2 Å². The summed E-state index contributed by atoms with van der Waals surface area (Å²) in [5, 5.41) is 3.83. The smallest absolute Gasteiger partial charge is 0.264 e. The summed E-state index contributed by atoms with van der Waals surface area (Å²) in [5.74, 6) is -0.348. The number of rotatable bonds is 12. The minimum atomic E-state index is -4.21. The van der Waals surface area contributed by atoms with Gasteiger partial charge in [0.05, 0.1) is 17.7 Å². The Morgan fingerprint density at radius 2 is 1.57 bits per heavy atom. The highest BCUT2D eigenvalue weighted by atomic mass is 35.5. The van der Waals surface area contributed by atoms with Gasteiger partial charge < -0.3 is 15.0 Å². The van der Waals surface area contributed by atoms with Crippen molar-refractivity contribution >= 4 is 50.7 Å². The summed E-state index contributed by atoms with van der Waals surface area (Å²) in [6, 6.07) is 17.1. The van der Waals surface area contributed by atoms with Crippen molar-refractivity contribution in [3.8, 4) is 5.75 Å². The molecule has 1 fully saturated rings. The second-order valence-corrected chi connectivity index (χ2v) is 13.7. The van der Waals surface area contributed by atoms with Crippen molar-refractivity contribution in [2.75, 3.05) is 18.0 Å². The fourth-order valence-corrected chi connectivity index (χ4v) is 7.36. The van der Waals surface area contributed by atoms with Crippen molar-refractivity contribution in [2.45, 2.75) is 75.9 Å². The molecule has 0 bridgehead atoms. The SMILES string of the molecule is CCC(C(=O)NC1CCCCC1)N(Cc1c(Cl)cccc1Cl)C(=O)CN(c1ccc(C)cc1)S(=O)(=O)c1ccc(OC)cc1. The second-order valence-electron chi connectivity index (χ2n) is 11.0. The van der Waals surface area contributed by atoms with Crippen LogP contribution in [0.5, 0.6) is 5.75 Å². The molecule has 8 nitrogen and oxygen atoms in total. The quantitative estimate of drug-likeness (QED) is 0.232. The Hall–Kier alpha value is -3.27. The number of sulfonamides is 1. The van der Waals surface area contributed by atoms with Gasteiger partial charge in [-0.2, -0.15) is 0 Å². The number of methoxy groups -OCH3 is 1. The Labute approximate surface area is 270 Å². The molecule has 236 valence electrons. The van der Waals surface area contributed by atoms with Crippen LogP contribution < -0.4 is 14.4 Å². The largest absolute Gasteiger partial charge is 0.497 e. The molecule has 0 saturated heterocycles. The average Bonchev–Trinajstić information content (AvgIpc) is 3.02. The van der Waals surface area contributed by atoms with E-state index >= 15 is 0 Å². The number of hydrogen-bond donors (Lipinski definition) is 1. The number of anilines is 1. The van der Waals surface area contributed by atoms with Gasteiger partial charge in [0.15, 0.2) is 0 Å². The molecule has 0 spiro atoms. The normalized spacial score (nSPS) is 14.5. The molecule has 3 aromatic rings. The highest BCUT2D eigenvalue weighted by molar-refractivity contribution is 7.92. The lowest BCUT2D eigenvalue weighted by Crippen LogP contribution is -2.54. The molecule has 1 aliphatic rings. The number of aryl methyl sites for hydroxylation is 1. The Morgan fingerprint density at radius 1 is 0.955 bits per heavy atom. The maximum atomic E-state index is 14.3. The third-order valence-electron chi connectivity index (χ3n) is 7.98.